The minimum absolute atomic E-state index is 0.192. The molecule has 3 rings (SSSR count). The Morgan fingerprint density at radius 2 is 2.18 bits per heavy atom. The SMILES string of the molecule is CCNC(=NCCCC(=O)N1CCc2ccccc21)NCCc1csc(C)n1. The van der Waals surface area contributed by atoms with E-state index >= 15 is 0 Å². The lowest BCUT2D eigenvalue weighted by Gasteiger charge is -2.17. The van der Waals surface area contributed by atoms with Crippen LogP contribution in [-0.4, -0.2) is 43.0 Å². The van der Waals surface area contributed by atoms with Gasteiger partial charge < -0.3 is 15.5 Å². The van der Waals surface area contributed by atoms with Crippen molar-refractivity contribution in [3.05, 3.63) is 45.9 Å². The fourth-order valence-corrected chi connectivity index (χ4v) is 3.97. The Bertz CT molecular complexity index is 817. The average Bonchev–Trinajstić information content (AvgIpc) is 3.31. The number of thiazole rings is 1. The molecule has 0 fully saturated rings. The lowest BCUT2D eigenvalue weighted by atomic mass is 10.2. The molecule has 2 N–H and O–H groups in total. The number of aromatic nitrogens is 1. The maximum Gasteiger partial charge on any atom is 0.227 e. The van der Waals surface area contributed by atoms with Gasteiger partial charge in [-0.1, -0.05) is 18.2 Å². The van der Waals surface area contributed by atoms with Crippen molar-refractivity contribution in [2.24, 2.45) is 4.99 Å². The van der Waals surface area contributed by atoms with Crippen LogP contribution in [-0.2, 0) is 17.6 Å². The molecule has 2 heterocycles. The van der Waals surface area contributed by atoms with Crippen molar-refractivity contribution in [3.63, 3.8) is 0 Å². The van der Waals surface area contributed by atoms with E-state index in [2.05, 4.69) is 39.0 Å². The van der Waals surface area contributed by atoms with Crippen molar-refractivity contribution in [1.82, 2.24) is 15.6 Å². The zero-order valence-electron chi connectivity index (χ0n) is 16.7. The fourth-order valence-electron chi connectivity index (χ4n) is 3.33. The van der Waals surface area contributed by atoms with Crippen LogP contribution in [0.5, 0.6) is 0 Å². The van der Waals surface area contributed by atoms with Crippen molar-refractivity contribution < 1.29 is 4.79 Å². The van der Waals surface area contributed by atoms with Crippen LogP contribution in [0.2, 0.25) is 0 Å². The van der Waals surface area contributed by atoms with Gasteiger partial charge in [-0.15, -0.1) is 11.3 Å². The zero-order valence-corrected chi connectivity index (χ0v) is 17.5. The van der Waals surface area contributed by atoms with Gasteiger partial charge in [0.1, 0.15) is 0 Å². The number of para-hydroxylation sites is 1. The summed E-state index contributed by atoms with van der Waals surface area (Å²) >= 11 is 1.68. The van der Waals surface area contributed by atoms with Crippen LogP contribution in [0, 0.1) is 6.92 Å². The molecular formula is C21H29N5OS. The third kappa shape index (κ3) is 5.55. The van der Waals surface area contributed by atoms with E-state index in [1.807, 2.05) is 30.0 Å². The van der Waals surface area contributed by atoms with E-state index in [-0.39, 0.29) is 5.91 Å². The number of nitrogens with one attached hydrogen (secondary N) is 2. The molecule has 2 aromatic rings. The molecule has 6 nitrogen and oxygen atoms in total. The second kappa shape index (κ2) is 10.2. The van der Waals surface area contributed by atoms with Gasteiger partial charge in [-0.3, -0.25) is 9.79 Å². The lowest BCUT2D eigenvalue weighted by molar-refractivity contribution is -0.118. The highest BCUT2D eigenvalue weighted by Crippen LogP contribution is 2.27. The molecule has 0 radical (unpaired) electrons. The van der Waals surface area contributed by atoms with Crippen LogP contribution >= 0.6 is 11.3 Å². The molecule has 1 aromatic carbocycles. The van der Waals surface area contributed by atoms with Crippen LogP contribution in [0.4, 0.5) is 5.69 Å². The number of nitrogens with zero attached hydrogens (tertiary/aromatic N) is 3. The molecule has 1 aliphatic rings. The number of guanidine groups is 1. The van der Waals surface area contributed by atoms with Crippen molar-refractivity contribution in [3.8, 4) is 0 Å². The molecule has 150 valence electrons. The molecular weight excluding hydrogens is 370 g/mol. The number of carbonyl (C=O) groups excluding carboxylic acids is 1. The third-order valence-corrected chi connectivity index (χ3v) is 5.51. The van der Waals surface area contributed by atoms with Crippen molar-refractivity contribution in [2.45, 2.75) is 39.5 Å². The number of aryl methyl sites for hydroxylation is 1. The standard InChI is InChI=1S/C21H29N5OS/c1-3-22-21(24-13-10-18-15-28-16(2)25-18)23-12-6-9-20(27)26-14-11-17-7-4-5-8-19(17)26/h4-5,7-8,15H,3,6,9-14H2,1-2H3,(H2,22,23,24). The number of amides is 1. The number of benzene rings is 1. The van der Waals surface area contributed by atoms with Gasteiger partial charge in [-0.05, 0) is 38.3 Å². The predicted octanol–water partition coefficient (Wildman–Crippen LogP) is 2.92. The van der Waals surface area contributed by atoms with E-state index in [9.17, 15) is 4.79 Å². The highest BCUT2D eigenvalue weighted by molar-refractivity contribution is 7.09. The number of aliphatic imine (C=N–C) groups is 1. The van der Waals surface area contributed by atoms with Crippen molar-refractivity contribution in [1.29, 1.82) is 0 Å². The van der Waals surface area contributed by atoms with Gasteiger partial charge in [-0.2, -0.15) is 0 Å². The van der Waals surface area contributed by atoms with Crippen LogP contribution in [0.1, 0.15) is 36.0 Å². The third-order valence-electron chi connectivity index (χ3n) is 4.69. The second-order valence-corrected chi connectivity index (χ2v) is 7.89. The number of carbonyl (C=O) groups is 1. The van der Waals surface area contributed by atoms with E-state index < -0.39 is 0 Å². The summed E-state index contributed by atoms with van der Waals surface area (Å²) in [6.45, 7) is 7.10. The Morgan fingerprint density at radius 3 is 2.96 bits per heavy atom. The minimum atomic E-state index is 0.192. The summed E-state index contributed by atoms with van der Waals surface area (Å²) in [5.41, 5.74) is 3.45. The monoisotopic (exact) mass is 399 g/mol. The van der Waals surface area contributed by atoms with E-state index in [4.69, 9.17) is 0 Å². The first-order valence-corrected chi connectivity index (χ1v) is 10.9. The highest BCUT2D eigenvalue weighted by atomic mass is 32.1. The first-order valence-electron chi connectivity index (χ1n) is 9.99. The minimum Gasteiger partial charge on any atom is -0.357 e. The maximum absolute atomic E-state index is 12.5. The van der Waals surface area contributed by atoms with E-state index in [1.54, 1.807) is 11.3 Å². The maximum atomic E-state index is 12.5. The van der Waals surface area contributed by atoms with E-state index in [0.29, 0.717) is 13.0 Å². The van der Waals surface area contributed by atoms with Gasteiger partial charge in [0.05, 0.1) is 10.7 Å². The molecule has 0 saturated carbocycles. The van der Waals surface area contributed by atoms with Crippen LogP contribution in [0.15, 0.2) is 34.6 Å². The normalized spacial score (nSPS) is 13.5. The molecule has 0 unspecified atom stereocenters. The van der Waals surface area contributed by atoms with Gasteiger partial charge in [0.25, 0.3) is 0 Å². The molecule has 28 heavy (non-hydrogen) atoms. The van der Waals surface area contributed by atoms with Gasteiger partial charge in [-0.25, -0.2) is 4.98 Å². The number of anilines is 1. The predicted molar refractivity (Wildman–Crippen MR) is 116 cm³/mol. The average molecular weight is 400 g/mol. The van der Waals surface area contributed by atoms with Crippen LogP contribution in [0.25, 0.3) is 0 Å². The van der Waals surface area contributed by atoms with Gasteiger partial charge in [0, 0.05) is 50.1 Å². The first-order chi connectivity index (χ1) is 13.7. The molecule has 0 atom stereocenters. The molecule has 0 bridgehead atoms. The van der Waals surface area contributed by atoms with E-state index in [1.165, 1.54) is 5.56 Å². The summed E-state index contributed by atoms with van der Waals surface area (Å²) in [6, 6.07) is 8.17. The highest BCUT2D eigenvalue weighted by Gasteiger charge is 2.23. The second-order valence-electron chi connectivity index (χ2n) is 6.82. The van der Waals surface area contributed by atoms with Gasteiger partial charge in [0.15, 0.2) is 5.96 Å². The molecule has 0 spiro atoms. The summed E-state index contributed by atoms with van der Waals surface area (Å²) in [7, 11) is 0. The largest absolute Gasteiger partial charge is 0.357 e. The molecule has 0 aliphatic carbocycles. The number of hydrogen-bond donors (Lipinski definition) is 2. The lowest BCUT2D eigenvalue weighted by Crippen LogP contribution is -2.38. The first kappa shape index (κ1) is 20.3. The number of hydrogen-bond acceptors (Lipinski definition) is 4. The van der Waals surface area contributed by atoms with Crippen LogP contribution in [0.3, 0.4) is 0 Å². The summed E-state index contributed by atoms with van der Waals surface area (Å²) < 4.78 is 0. The molecule has 1 aromatic heterocycles. The Morgan fingerprint density at radius 1 is 1.32 bits per heavy atom. The van der Waals surface area contributed by atoms with Gasteiger partial charge >= 0.3 is 0 Å². The smallest absolute Gasteiger partial charge is 0.227 e. The summed E-state index contributed by atoms with van der Waals surface area (Å²) in [5.74, 6) is 0.991. The van der Waals surface area contributed by atoms with Crippen molar-refractivity contribution in [2.75, 3.05) is 31.1 Å². The Hall–Kier alpha value is -2.41. The Balaban J connectivity index is 1.41. The topological polar surface area (TPSA) is 69.6 Å². The fraction of sp³-hybridized carbons (Fsp3) is 0.476. The molecule has 1 aliphatic heterocycles. The van der Waals surface area contributed by atoms with Gasteiger partial charge in [0.2, 0.25) is 5.91 Å². The zero-order chi connectivity index (χ0) is 19.8. The quantitative estimate of drug-likeness (QED) is 0.407. The summed E-state index contributed by atoms with van der Waals surface area (Å²) in [4.78, 5) is 23.5. The van der Waals surface area contributed by atoms with E-state index in [0.717, 1.165) is 61.2 Å². The number of rotatable bonds is 8. The molecule has 7 heteroatoms. The Kier molecular flexibility index (Phi) is 7.42. The summed E-state index contributed by atoms with van der Waals surface area (Å²) in [6.07, 6.45) is 3.10. The molecule has 1 amide bonds. The summed E-state index contributed by atoms with van der Waals surface area (Å²) in [5, 5.41) is 9.80. The Labute approximate surface area is 171 Å². The number of fused-ring (bicyclic) bond motifs is 1. The van der Waals surface area contributed by atoms with Crippen LogP contribution < -0.4 is 15.5 Å². The molecule has 0 saturated heterocycles. The van der Waals surface area contributed by atoms with Crippen molar-refractivity contribution >= 4 is 28.9 Å².